The van der Waals surface area contributed by atoms with E-state index in [-0.39, 0.29) is 11.8 Å². The number of nitrogens with zero attached hydrogens (tertiary/aromatic N) is 1. The fraction of sp³-hybridized carbons (Fsp3) is 0.600. The van der Waals surface area contributed by atoms with Crippen LogP contribution in [0, 0.1) is 5.92 Å². The first kappa shape index (κ1) is 14.6. The van der Waals surface area contributed by atoms with E-state index in [0.29, 0.717) is 10.9 Å². The van der Waals surface area contributed by atoms with Crippen LogP contribution >= 0.6 is 11.6 Å². The first-order valence-corrected chi connectivity index (χ1v) is 7.39. The fourth-order valence-electron chi connectivity index (χ4n) is 2.71. The molecule has 1 heterocycles. The Bertz CT molecular complexity index is 417. The van der Waals surface area contributed by atoms with Crippen LogP contribution in [0.4, 0.5) is 0 Å². The molecule has 4 heteroatoms. The molecule has 1 aromatic carbocycles. The molecule has 1 saturated heterocycles. The fourth-order valence-corrected chi connectivity index (χ4v) is 2.90. The molecule has 1 atom stereocenters. The largest absolute Gasteiger partial charge is 0.506 e. The zero-order valence-corrected chi connectivity index (χ0v) is 12.5. The lowest BCUT2D eigenvalue weighted by molar-refractivity contribution is 0.151. The first-order chi connectivity index (χ1) is 9.09. The Labute approximate surface area is 120 Å². The van der Waals surface area contributed by atoms with Gasteiger partial charge in [-0.25, -0.2) is 0 Å². The lowest BCUT2D eigenvalue weighted by Crippen LogP contribution is -2.45. The SMILES string of the molecule is CC(C)C[C@H](c1cccc(Cl)c1O)N1CCNCC1. The van der Waals surface area contributed by atoms with Crippen LogP contribution in [0.15, 0.2) is 18.2 Å². The van der Waals surface area contributed by atoms with Crippen molar-refractivity contribution in [3.8, 4) is 5.75 Å². The molecule has 0 amide bonds. The molecule has 106 valence electrons. The van der Waals surface area contributed by atoms with Crippen LogP contribution in [-0.2, 0) is 0 Å². The molecule has 0 radical (unpaired) electrons. The van der Waals surface area contributed by atoms with Gasteiger partial charge in [-0.05, 0) is 18.4 Å². The maximum Gasteiger partial charge on any atom is 0.138 e. The maximum atomic E-state index is 10.2. The number of nitrogens with one attached hydrogen (secondary N) is 1. The lowest BCUT2D eigenvalue weighted by atomic mass is 9.94. The molecule has 0 aliphatic carbocycles. The lowest BCUT2D eigenvalue weighted by Gasteiger charge is -2.36. The molecule has 19 heavy (non-hydrogen) atoms. The zero-order valence-electron chi connectivity index (χ0n) is 11.7. The molecule has 0 aromatic heterocycles. The molecule has 2 N–H and O–H groups in total. The van der Waals surface area contributed by atoms with E-state index in [1.807, 2.05) is 12.1 Å². The summed E-state index contributed by atoms with van der Waals surface area (Å²) in [4.78, 5) is 2.45. The van der Waals surface area contributed by atoms with Gasteiger partial charge in [0, 0.05) is 37.8 Å². The number of phenols is 1. The predicted octanol–water partition coefficient (Wildman–Crippen LogP) is 3.04. The van der Waals surface area contributed by atoms with Crippen LogP contribution in [0.25, 0.3) is 0 Å². The average Bonchev–Trinajstić information content (AvgIpc) is 2.40. The van der Waals surface area contributed by atoms with E-state index >= 15 is 0 Å². The molecule has 0 bridgehead atoms. The van der Waals surface area contributed by atoms with E-state index in [1.54, 1.807) is 6.07 Å². The number of hydrogen-bond donors (Lipinski definition) is 2. The number of halogens is 1. The Morgan fingerprint density at radius 1 is 1.32 bits per heavy atom. The van der Waals surface area contributed by atoms with Gasteiger partial charge in [0.05, 0.1) is 5.02 Å². The van der Waals surface area contributed by atoms with Crippen molar-refractivity contribution in [2.45, 2.75) is 26.3 Å². The number of para-hydroxylation sites is 1. The van der Waals surface area contributed by atoms with Crippen molar-refractivity contribution in [2.75, 3.05) is 26.2 Å². The molecular formula is C15H23ClN2O. The standard InChI is InChI=1S/C15H23ClN2O/c1-11(2)10-14(18-8-6-17-7-9-18)12-4-3-5-13(16)15(12)19/h3-5,11,14,17,19H,6-10H2,1-2H3/t14-/m1/s1. The van der Waals surface area contributed by atoms with E-state index in [9.17, 15) is 5.11 Å². The molecule has 0 spiro atoms. The molecule has 0 saturated carbocycles. The summed E-state index contributed by atoms with van der Waals surface area (Å²) in [5.74, 6) is 0.826. The summed E-state index contributed by atoms with van der Waals surface area (Å²) in [5, 5.41) is 14.1. The Kier molecular flexibility index (Phi) is 5.08. The van der Waals surface area contributed by atoms with Gasteiger partial charge in [0.25, 0.3) is 0 Å². The van der Waals surface area contributed by atoms with Crippen LogP contribution in [-0.4, -0.2) is 36.2 Å². The Balaban J connectivity index is 2.27. The number of piperazine rings is 1. The highest BCUT2D eigenvalue weighted by molar-refractivity contribution is 6.32. The molecule has 1 aromatic rings. The van der Waals surface area contributed by atoms with Crippen LogP contribution in [0.2, 0.25) is 5.02 Å². The minimum Gasteiger partial charge on any atom is -0.506 e. The minimum atomic E-state index is 0.244. The van der Waals surface area contributed by atoms with Gasteiger partial charge in [-0.2, -0.15) is 0 Å². The average molecular weight is 283 g/mol. The Hall–Kier alpha value is -0.770. The van der Waals surface area contributed by atoms with Gasteiger partial charge in [0.15, 0.2) is 0 Å². The normalized spacial score (nSPS) is 18.7. The zero-order chi connectivity index (χ0) is 13.8. The molecule has 2 rings (SSSR count). The van der Waals surface area contributed by atoms with E-state index in [1.165, 1.54) is 0 Å². The second-order valence-corrected chi connectivity index (χ2v) is 6.02. The number of phenolic OH excluding ortho intramolecular Hbond substituents is 1. The van der Waals surface area contributed by atoms with Gasteiger partial charge < -0.3 is 10.4 Å². The highest BCUT2D eigenvalue weighted by Crippen LogP contribution is 2.37. The van der Waals surface area contributed by atoms with Crippen molar-refractivity contribution in [3.05, 3.63) is 28.8 Å². The van der Waals surface area contributed by atoms with E-state index in [0.717, 1.165) is 38.2 Å². The number of rotatable bonds is 4. The van der Waals surface area contributed by atoms with Gasteiger partial charge in [0.2, 0.25) is 0 Å². The molecule has 3 nitrogen and oxygen atoms in total. The van der Waals surface area contributed by atoms with Crippen molar-refractivity contribution >= 4 is 11.6 Å². The topological polar surface area (TPSA) is 35.5 Å². The Morgan fingerprint density at radius 2 is 2.00 bits per heavy atom. The summed E-state index contributed by atoms with van der Waals surface area (Å²) in [6, 6.07) is 5.91. The summed E-state index contributed by atoms with van der Waals surface area (Å²) >= 11 is 6.05. The Morgan fingerprint density at radius 3 is 2.63 bits per heavy atom. The van der Waals surface area contributed by atoms with Crippen LogP contribution in [0.3, 0.4) is 0 Å². The quantitative estimate of drug-likeness (QED) is 0.891. The monoisotopic (exact) mass is 282 g/mol. The number of benzene rings is 1. The molecule has 1 aliphatic rings. The van der Waals surface area contributed by atoms with E-state index < -0.39 is 0 Å². The van der Waals surface area contributed by atoms with Crippen molar-refractivity contribution in [1.29, 1.82) is 0 Å². The third kappa shape index (κ3) is 3.62. The molecule has 1 fully saturated rings. The van der Waals surface area contributed by atoms with Gasteiger partial charge in [-0.15, -0.1) is 0 Å². The molecular weight excluding hydrogens is 260 g/mol. The van der Waals surface area contributed by atoms with Gasteiger partial charge in [-0.3, -0.25) is 4.90 Å². The summed E-state index contributed by atoms with van der Waals surface area (Å²) in [7, 11) is 0. The summed E-state index contributed by atoms with van der Waals surface area (Å²) < 4.78 is 0. The van der Waals surface area contributed by atoms with E-state index in [4.69, 9.17) is 11.6 Å². The summed E-state index contributed by atoms with van der Waals surface area (Å²) in [5.41, 5.74) is 0.961. The van der Waals surface area contributed by atoms with Crippen molar-refractivity contribution < 1.29 is 5.11 Å². The number of aromatic hydroxyl groups is 1. The maximum absolute atomic E-state index is 10.2. The van der Waals surface area contributed by atoms with Crippen LogP contribution in [0.5, 0.6) is 5.75 Å². The van der Waals surface area contributed by atoms with E-state index in [2.05, 4.69) is 24.1 Å². The van der Waals surface area contributed by atoms with Gasteiger partial charge >= 0.3 is 0 Å². The second-order valence-electron chi connectivity index (χ2n) is 5.61. The van der Waals surface area contributed by atoms with Crippen molar-refractivity contribution in [1.82, 2.24) is 10.2 Å². The van der Waals surface area contributed by atoms with Crippen molar-refractivity contribution in [2.24, 2.45) is 5.92 Å². The predicted molar refractivity (Wildman–Crippen MR) is 79.8 cm³/mol. The van der Waals surface area contributed by atoms with Gasteiger partial charge in [-0.1, -0.05) is 37.6 Å². The summed E-state index contributed by atoms with van der Waals surface area (Å²) in [6.07, 6.45) is 1.04. The third-order valence-electron chi connectivity index (χ3n) is 3.66. The second kappa shape index (κ2) is 6.60. The van der Waals surface area contributed by atoms with Gasteiger partial charge in [0.1, 0.15) is 5.75 Å². The number of hydrogen-bond acceptors (Lipinski definition) is 3. The van der Waals surface area contributed by atoms with Crippen LogP contribution < -0.4 is 5.32 Å². The van der Waals surface area contributed by atoms with Crippen LogP contribution in [0.1, 0.15) is 31.9 Å². The minimum absolute atomic E-state index is 0.244. The molecule has 0 unspecified atom stereocenters. The third-order valence-corrected chi connectivity index (χ3v) is 3.97. The molecule has 1 aliphatic heterocycles. The first-order valence-electron chi connectivity index (χ1n) is 7.01. The highest BCUT2D eigenvalue weighted by Gasteiger charge is 2.25. The van der Waals surface area contributed by atoms with Crippen molar-refractivity contribution in [3.63, 3.8) is 0 Å². The summed E-state index contributed by atoms with van der Waals surface area (Å²) in [6.45, 7) is 8.49. The highest BCUT2D eigenvalue weighted by atomic mass is 35.5. The smallest absolute Gasteiger partial charge is 0.138 e.